The maximum absolute atomic E-state index is 14.0. The van der Waals surface area contributed by atoms with Crippen molar-refractivity contribution >= 4 is 27.5 Å². The molecule has 0 aliphatic rings. The third kappa shape index (κ3) is 7.38. The summed E-state index contributed by atoms with van der Waals surface area (Å²) in [7, 11) is -2.65. The van der Waals surface area contributed by atoms with E-state index in [9.17, 15) is 18.0 Å². The molecule has 8 nitrogen and oxygen atoms in total. The summed E-state index contributed by atoms with van der Waals surface area (Å²) in [6.45, 7) is 7.55. The summed E-state index contributed by atoms with van der Waals surface area (Å²) in [5, 5.41) is 2.81. The van der Waals surface area contributed by atoms with Gasteiger partial charge in [0.15, 0.2) is 0 Å². The molecule has 0 saturated heterocycles. The number of amides is 2. The van der Waals surface area contributed by atoms with Gasteiger partial charge in [-0.2, -0.15) is 0 Å². The Morgan fingerprint density at radius 2 is 1.62 bits per heavy atom. The Kier molecular flexibility index (Phi) is 10.1. The van der Waals surface area contributed by atoms with Gasteiger partial charge in [-0.15, -0.1) is 0 Å². The number of nitrogens with zero attached hydrogens (tertiary/aromatic N) is 2. The summed E-state index contributed by atoms with van der Waals surface area (Å²) in [5.41, 5.74) is 3.06. The van der Waals surface area contributed by atoms with Crippen LogP contribution in [0.2, 0.25) is 0 Å². The Bertz CT molecular complexity index is 1390. The van der Waals surface area contributed by atoms with Crippen molar-refractivity contribution < 1.29 is 22.7 Å². The molecular weight excluding hydrogens is 514 g/mol. The van der Waals surface area contributed by atoms with Gasteiger partial charge >= 0.3 is 0 Å². The lowest BCUT2D eigenvalue weighted by atomic mass is 10.1. The molecule has 9 heteroatoms. The van der Waals surface area contributed by atoms with Gasteiger partial charge < -0.3 is 15.0 Å². The highest BCUT2D eigenvalue weighted by Crippen LogP contribution is 2.28. The van der Waals surface area contributed by atoms with Gasteiger partial charge in [0.05, 0.1) is 17.7 Å². The molecule has 0 aromatic heterocycles. The number of anilines is 1. The SMILES string of the molecule is CCNC(=O)C(CC)N(Cc1cccc(C)c1)C(=O)CN(c1cccc(OC)c1)S(=O)(=O)c1ccc(C)cc1. The second kappa shape index (κ2) is 13.3. The van der Waals surface area contributed by atoms with Crippen molar-refractivity contribution in [2.45, 2.75) is 51.6 Å². The van der Waals surface area contributed by atoms with Crippen molar-refractivity contribution in [3.8, 4) is 5.75 Å². The van der Waals surface area contributed by atoms with E-state index >= 15 is 0 Å². The largest absolute Gasteiger partial charge is 0.497 e. The quantitative estimate of drug-likeness (QED) is 0.359. The van der Waals surface area contributed by atoms with E-state index in [1.807, 2.05) is 52.0 Å². The van der Waals surface area contributed by atoms with Gasteiger partial charge in [0.2, 0.25) is 11.8 Å². The monoisotopic (exact) mass is 551 g/mol. The van der Waals surface area contributed by atoms with E-state index in [1.165, 1.54) is 24.1 Å². The van der Waals surface area contributed by atoms with Crippen molar-refractivity contribution in [2.24, 2.45) is 0 Å². The summed E-state index contributed by atoms with van der Waals surface area (Å²) in [4.78, 5) is 28.6. The van der Waals surface area contributed by atoms with Crippen LogP contribution >= 0.6 is 0 Å². The molecule has 0 heterocycles. The number of aryl methyl sites for hydroxylation is 2. The Balaban J connectivity index is 2.08. The number of hydrogen-bond donors (Lipinski definition) is 1. The second-order valence-electron chi connectivity index (χ2n) is 9.36. The zero-order valence-corrected chi connectivity index (χ0v) is 24.0. The van der Waals surface area contributed by atoms with Gasteiger partial charge in [0, 0.05) is 19.2 Å². The molecule has 0 bridgehead atoms. The molecule has 3 aromatic carbocycles. The normalized spacial score (nSPS) is 11.9. The number of carbonyl (C=O) groups is 2. The van der Waals surface area contributed by atoms with Crippen LogP contribution in [0.15, 0.2) is 77.7 Å². The fraction of sp³-hybridized carbons (Fsp3) is 0.333. The zero-order chi connectivity index (χ0) is 28.6. The van der Waals surface area contributed by atoms with Crippen LogP contribution in [0.5, 0.6) is 5.75 Å². The van der Waals surface area contributed by atoms with Gasteiger partial charge in [-0.25, -0.2) is 8.42 Å². The topological polar surface area (TPSA) is 96.0 Å². The van der Waals surface area contributed by atoms with E-state index in [0.717, 1.165) is 21.0 Å². The minimum Gasteiger partial charge on any atom is -0.497 e. The number of carbonyl (C=O) groups excluding carboxylic acids is 2. The minimum atomic E-state index is -4.14. The van der Waals surface area contributed by atoms with Gasteiger partial charge in [0.25, 0.3) is 10.0 Å². The Hall–Kier alpha value is -3.85. The summed E-state index contributed by atoms with van der Waals surface area (Å²) >= 11 is 0. The molecule has 208 valence electrons. The highest BCUT2D eigenvalue weighted by atomic mass is 32.2. The molecule has 0 saturated carbocycles. The van der Waals surface area contributed by atoms with Crippen LogP contribution in [0.3, 0.4) is 0 Å². The molecule has 0 fully saturated rings. The Morgan fingerprint density at radius 1 is 0.923 bits per heavy atom. The second-order valence-corrected chi connectivity index (χ2v) is 11.2. The van der Waals surface area contributed by atoms with Gasteiger partial charge in [-0.05, 0) is 57.0 Å². The number of ether oxygens (including phenoxy) is 1. The minimum absolute atomic E-state index is 0.0599. The van der Waals surface area contributed by atoms with E-state index in [-0.39, 0.29) is 23.0 Å². The third-order valence-electron chi connectivity index (χ3n) is 6.40. The average molecular weight is 552 g/mol. The van der Waals surface area contributed by atoms with E-state index < -0.39 is 28.5 Å². The molecule has 1 atom stereocenters. The maximum Gasteiger partial charge on any atom is 0.264 e. The van der Waals surface area contributed by atoms with E-state index in [1.54, 1.807) is 36.4 Å². The molecule has 2 amide bonds. The molecule has 0 spiro atoms. The first-order valence-corrected chi connectivity index (χ1v) is 14.4. The van der Waals surface area contributed by atoms with Crippen LogP contribution in [-0.4, -0.2) is 51.4 Å². The van der Waals surface area contributed by atoms with E-state index in [2.05, 4.69) is 5.32 Å². The molecular formula is C30H37N3O5S. The molecule has 3 rings (SSSR count). The highest BCUT2D eigenvalue weighted by molar-refractivity contribution is 7.92. The molecule has 3 aromatic rings. The lowest BCUT2D eigenvalue weighted by Crippen LogP contribution is -2.52. The first-order chi connectivity index (χ1) is 18.6. The van der Waals surface area contributed by atoms with Crippen molar-refractivity contribution in [3.63, 3.8) is 0 Å². The predicted octanol–water partition coefficient (Wildman–Crippen LogP) is 4.45. The number of sulfonamides is 1. The summed E-state index contributed by atoms with van der Waals surface area (Å²) in [6, 6.07) is 20.0. The summed E-state index contributed by atoms with van der Waals surface area (Å²) < 4.78 is 34.2. The average Bonchev–Trinajstić information content (AvgIpc) is 2.91. The standard InChI is InChI=1S/C30H37N3O5S/c1-6-28(30(35)31-7-2)32(20-24-11-8-10-23(4)18-24)29(34)21-33(25-12-9-13-26(19-25)38-5)39(36,37)27-16-14-22(3)15-17-27/h8-19,28H,6-7,20-21H2,1-5H3,(H,31,35). The first-order valence-electron chi connectivity index (χ1n) is 13.0. The van der Waals surface area contributed by atoms with Crippen LogP contribution in [-0.2, 0) is 26.2 Å². The van der Waals surface area contributed by atoms with E-state index in [0.29, 0.717) is 18.7 Å². The molecule has 1 N–H and O–H groups in total. The number of benzene rings is 3. The van der Waals surface area contributed by atoms with Gasteiger partial charge in [-0.3, -0.25) is 13.9 Å². The number of rotatable bonds is 12. The van der Waals surface area contributed by atoms with Crippen LogP contribution < -0.4 is 14.4 Å². The summed E-state index contributed by atoms with van der Waals surface area (Å²) in [6.07, 6.45) is 0.368. The lowest BCUT2D eigenvalue weighted by molar-refractivity contribution is -0.140. The highest BCUT2D eigenvalue weighted by Gasteiger charge is 2.33. The van der Waals surface area contributed by atoms with Crippen LogP contribution in [0.4, 0.5) is 5.69 Å². The van der Waals surface area contributed by atoms with E-state index in [4.69, 9.17) is 4.74 Å². The smallest absolute Gasteiger partial charge is 0.264 e. The maximum atomic E-state index is 14.0. The third-order valence-corrected chi connectivity index (χ3v) is 8.19. The zero-order valence-electron chi connectivity index (χ0n) is 23.2. The lowest BCUT2D eigenvalue weighted by Gasteiger charge is -2.33. The van der Waals surface area contributed by atoms with Crippen molar-refractivity contribution in [1.29, 1.82) is 0 Å². The Labute approximate surface area is 231 Å². The molecule has 0 aliphatic carbocycles. The Morgan fingerprint density at radius 3 is 2.23 bits per heavy atom. The molecule has 39 heavy (non-hydrogen) atoms. The van der Waals surface area contributed by atoms with Crippen LogP contribution in [0.1, 0.15) is 37.0 Å². The number of hydrogen-bond acceptors (Lipinski definition) is 5. The number of nitrogens with one attached hydrogen (secondary N) is 1. The fourth-order valence-electron chi connectivity index (χ4n) is 4.35. The number of methoxy groups -OCH3 is 1. The van der Waals surface area contributed by atoms with Gasteiger partial charge in [0.1, 0.15) is 18.3 Å². The summed E-state index contributed by atoms with van der Waals surface area (Å²) in [5.74, 6) is -0.321. The molecule has 0 aliphatic heterocycles. The fourth-order valence-corrected chi connectivity index (χ4v) is 5.76. The number of likely N-dealkylation sites (N-methyl/N-ethyl adjacent to an activating group) is 1. The predicted molar refractivity (Wildman–Crippen MR) is 153 cm³/mol. The van der Waals surface area contributed by atoms with Crippen molar-refractivity contribution in [1.82, 2.24) is 10.2 Å². The van der Waals surface area contributed by atoms with Crippen LogP contribution in [0.25, 0.3) is 0 Å². The molecule has 1 unspecified atom stereocenters. The molecule has 0 radical (unpaired) electrons. The van der Waals surface area contributed by atoms with Crippen LogP contribution in [0, 0.1) is 13.8 Å². The van der Waals surface area contributed by atoms with Gasteiger partial charge in [-0.1, -0.05) is 60.5 Å². The van der Waals surface area contributed by atoms with Crippen molar-refractivity contribution in [3.05, 3.63) is 89.5 Å². The van der Waals surface area contributed by atoms with Crippen molar-refractivity contribution in [2.75, 3.05) is 24.5 Å². The first kappa shape index (κ1) is 29.7.